The Hall–Kier alpha value is -0.800. The molecule has 0 unspecified atom stereocenters. The van der Waals surface area contributed by atoms with Crippen molar-refractivity contribution in [2.24, 2.45) is 5.73 Å². The number of hydrogen-bond donors (Lipinski definition) is 2. The normalized spacial score (nSPS) is 12.1. The van der Waals surface area contributed by atoms with Crippen LogP contribution in [0.5, 0.6) is 5.75 Å². The molecule has 1 atom stereocenters. The van der Waals surface area contributed by atoms with Crippen molar-refractivity contribution in [1.82, 2.24) is 0 Å². The van der Waals surface area contributed by atoms with Crippen LogP contribution in [-0.4, -0.2) is 5.11 Å². The summed E-state index contributed by atoms with van der Waals surface area (Å²) in [6, 6.07) is 6.10. The second-order valence-electron chi connectivity index (χ2n) is 2.31. The van der Waals surface area contributed by atoms with Crippen molar-refractivity contribution in [3.63, 3.8) is 0 Å². The number of nitriles is 1. The molecular formula is C8H7IN2O. The van der Waals surface area contributed by atoms with Crippen molar-refractivity contribution in [3.8, 4) is 11.8 Å². The lowest BCUT2D eigenvalue weighted by atomic mass is 10.1. The van der Waals surface area contributed by atoms with Crippen LogP contribution in [0.3, 0.4) is 0 Å². The van der Waals surface area contributed by atoms with Crippen LogP contribution in [0.1, 0.15) is 11.6 Å². The summed E-state index contributed by atoms with van der Waals surface area (Å²) in [5.74, 6) is 0.0736. The van der Waals surface area contributed by atoms with Crippen LogP contribution >= 0.6 is 22.6 Å². The maximum atomic E-state index is 9.30. The Morgan fingerprint density at radius 3 is 2.83 bits per heavy atom. The van der Waals surface area contributed by atoms with Crippen LogP contribution in [0.2, 0.25) is 0 Å². The van der Waals surface area contributed by atoms with E-state index in [0.717, 1.165) is 3.57 Å². The molecule has 0 saturated heterocycles. The maximum absolute atomic E-state index is 9.30. The molecule has 0 radical (unpaired) electrons. The molecule has 1 aromatic carbocycles. The molecule has 0 bridgehead atoms. The predicted octanol–water partition coefficient (Wildman–Crippen LogP) is 1.52. The van der Waals surface area contributed by atoms with Gasteiger partial charge in [-0.15, -0.1) is 0 Å². The third-order valence-corrected chi connectivity index (χ3v) is 2.13. The highest BCUT2D eigenvalue weighted by Crippen LogP contribution is 2.23. The number of aromatic hydroxyl groups is 1. The zero-order valence-corrected chi connectivity index (χ0v) is 8.32. The van der Waals surface area contributed by atoms with Gasteiger partial charge in [-0.3, -0.25) is 0 Å². The summed E-state index contributed by atoms with van der Waals surface area (Å²) >= 11 is 2.10. The lowest BCUT2D eigenvalue weighted by Crippen LogP contribution is -2.07. The number of nitrogens with zero attached hydrogens (tertiary/aromatic N) is 1. The molecule has 0 spiro atoms. The van der Waals surface area contributed by atoms with Crippen LogP contribution in [0.25, 0.3) is 0 Å². The number of phenols is 1. The summed E-state index contributed by atoms with van der Waals surface area (Å²) in [4.78, 5) is 0. The highest BCUT2D eigenvalue weighted by atomic mass is 127. The quantitative estimate of drug-likeness (QED) is 0.763. The second kappa shape index (κ2) is 3.74. The summed E-state index contributed by atoms with van der Waals surface area (Å²) in [7, 11) is 0. The van der Waals surface area contributed by atoms with Crippen molar-refractivity contribution in [2.75, 3.05) is 0 Å². The Morgan fingerprint density at radius 1 is 1.58 bits per heavy atom. The molecule has 0 amide bonds. The number of nitrogens with two attached hydrogens (primary N) is 1. The summed E-state index contributed by atoms with van der Waals surface area (Å²) in [6.07, 6.45) is 0. The van der Waals surface area contributed by atoms with Gasteiger partial charge in [0.1, 0.15) is 11.8 Å². The molecule has 0 heterocycles. The third-order valence-electron chi connectivity index (χ3n) is 1.46. The molecule has 12 heavy (non-hydrogen) atoms. The number of rotatable bonds is 1. The van der Waals surface area contributed by atoms with Crippen molar-refractivity contribution in [3.05, 3.63) is 27.3 Å². The van der Waals surface area contributed by atoms with Crippen LogP contribution in [-0.2, 0) is 0 Å². The fraction of sp³-hybridized carbons (Fsp3) is 0.125. The molecule has 1 aromatic rings. The van der Waals surface area contributed by atoms with E-state index in [1.165, 1.54) is 6.07 Å². The van der Waals surface area contributed by atoms with E-state index in [9.17, 15) is 5.11 Å². The van der Waals surface area contributed by atoms with E-state index in [1.807, 2.05) is 6.07 Å². The summed E-state index contributed by atoms with van der Waals surface area (Å²) < 4.78 is 0.950. The van der Waals surface area contributed by atoms with E-state index in [0.29, 0.717) is 5.56 Å². The molecule has 0 aliphatic rings. The minimum atomic E-state index is -0.750. The number of hydrogen-bond acceptors (Lipinski definition) is 3. The number of benzene rings is 1. The van der Waals surface area contributed by atoms with Crippen LogP contribution < -0.4 is 5.73 Å². The van der Waals surface area contributed by atoms with Gasteiger partial charge in [-0.05, 0) is 40.8 Å². The molecule has 62 valence electrons. The van der Waals surface area contributed by atoms with E-state index < -0.39 is 6.04 Å². The van der Waals surface area contributed by atoms with E-state index in [-0.39, 0.29) is 5.75 Å². The first-order valence-corrected chi connectivity index (χ1v) is 4.36. The summed E-state index contributed by atoms with van der Waals surface area (Å²) in [5.41, 5.74) is 5.92. The first-order valence-electron chi connectivity index (χ1n) is 3.28. The molecular weight excluding hydrogens is 267 g/mol. The average molecular weight is 274 g/mol. The Balaban J connectivity index is 3.15. The van der Waals surface area contributed by atoms with Gasteiger partial charge in [-0.1, -0.05) is 0 Å². The van der Waals surface area contributed by atoms with Gasteiger partial charge < -0.3 is 10.8 Å². The Morgan fingerprint density at radius 2 is 2.25 bits per heavy atom. The molecule has 0 fully saturated rings. The topological polar surface area (TPSA) is 70.0 Å². The SMILES string of the molecule is N#C[C@H](N)c1cc(I)ccc1O. The van der Waals surface area contributed by atoms with Gasteiger partial charge >= 0.3 is 0 Å². The lowest BCUT2D eigenvalue weighted by Gasteiger charge is -2.05. The largest absolute Gasteiger partial charge is 0.508 e. The molecule has 4 heteroatoms. The second-order valence-corrected chi connectivity index (χ2v) is 3.56. The van der Waals surface area contributed by atoms with Crippen molar-refractivity contribution in [1.29, 1.82) is 5.26 Å². The molecule has 0 aliphatic carbocycles. The van der Waals surface area contributed by atoms with Gasteiger partial charge in [-0.25, -0.2) is 0 Å². The highest BCUT2D eigenvalue weighted by Gasteiger charge is 2.09. The van der Waals surface area contributed by atoms with E-state index in [4.69, 9.17) is 11.0 Å². The van der Waals surface area contributed by atoms with Gasteiger partial charge in [0.15, 0.2) is 0 Å². The van der Waals surface area contributed by atoms with E-state index in [2.05, 4.69) is 22.6 Å². The van der Waals surface area contributed by atoms with Crippen molar-refractivity contribution < 1.29 is 5.11 Å². The lowest BCUT2D eigenvalue weighted by molar-refractivity contribution is 0.466. The predicted molar refractivity (Wildman–Crippen MR) is 53.4 cm³/mol. The zero-order chi connectivity index (χ0) is 9.14. The van der Waals surface area contributed by atoms with Gasteiger partial charge in [-0.2, -0.15) is 5.26 Å². The highest BCUT2D eigenvalue weighted by molar-refractivity contribution is 14.1. The molecule has 0 aromatic heterocycles. The summed E-state index contributed by atoms with van der Waals surface area (Å²) in [5, 5.41) is 17.8. The maximum Gasteiger partial charge on any atom is 0.122 e. The Labute approximate surface area is 83.9 Å². The smallest absolute Gasteiger partial charge is 0.122 e. The minimum Gasteiger partial charge on any atom is -0.508 e. The fourth-order valence-electron chi connectivity index (χ4n) is 0.844. The fourth-order valence-corrected chi connectivity index (χ4v) is 1.36. The standard InChI is InChI=1S/C8H7IN2O/c9-5-1-2-8(12)6(3-5)7(11)4-10/h1-3,7,12H,11H2/t7-/m0/s1. The van der Waals surface area contributed by atoms with Gasteiger partial charge in [0, 0.05) is 9.13 Å². The first kappa shape index (κ1) is 9.29. The molecule has 1 rings (SSSR count). The average Bonchev–Trinajstić information content (AvgIpc) is 2.08. The van der Waals surface area contributed by atoms with E-state index in [1.54, 1.807) is 12.1 Å². The zero-order valence-electron chi connectivity index (χ0n) is 6.16. The van der Waals surface area contributed by atoms with Crippen LogP contribution in [0.15, 0.2) is 18.2 Å². The number of phenolic OH excluding ortho intramolecular Hbond substituents is 1. The van der Waals surface area contributed by atoms with Crippen LogP contribution in [0, 0.1) is 14.9 Å². The summed E-state index contributed by atoms with van der Waals surface area (Å²) in [6.45, 7) is 0. The van der Waals surface area contributed by atoms with E-state index >= 15 is 0 Å². The van der Waals surface area contributed by atoms with Gasteiger partial charge in [0.25, 0.3) is 0 Å². The Bertz CT molecular complexity index is 332. The first-order chi connectivity index (χ1) is 5.65. The molecule has 0 aliphatic heterocycles. The minimum absolute atomic E-state index is 0.0736. The molecule has 0 saturated carbocycles. The van der Waals surface area contributed by atoms with Gasteiger partial charge in [0.2, 0.25) is 0 Å². The molecule has 3 nitrogen and oxygen atoms in total. The monoisotopic (exact) mass is 274 g/mol. The Kier molecular flexibility index (Phi) is 2.89. The van der Waals surface area contributed by atoms with Gasteiger partial charge in [0.05, 0.1) is 6.07 Å². The number of halogens is 1. The molecule has 3 N–H and O–H groups in total. The third kappa shape index (κ3) is 1.87. The van der Waals surface area contributed by atoms with Crippen LogP contribution in [0.4, 0.5) is 0 Å². The van der Waals surface area contributed by atoms with Crippen molar-refractivity contribution >= 4 is 22.6 Å². The van der Waals surface area contributed by atoms with Crippen molar-refractivity contribution in [2.45, 2.75) is 6.04 Å².